The molecule has 2 aromatic heterocycles. The lowest BCUT2D eigenvalue weighted by molar-refractivity contribution is 0.0597. The molecule has 0 aliphatic heterocycles. The molecule has 0 aliphatic carbocycles. The van der Waals surface area contributed by atoms with Gasteiger partial charge in [-0.05, 0) is 35.0 Å². The van der Waals surface area contributed by atoms with Crippen molar-refractivity contribution in [2.24, 2.45) is 5.73 Å². The summed E-state index contributed by atoms with van der Waals surface area (Å²) in [6.07, 6.45) is 1.83. The lowest BCUT2D eigenvalue weighted by Gasteiger charge is -2.03. The maximum absolute atomic E-state index is 11.6. The SMILES string of the molecule is COC(=O)c1nc(C(C)N)n2cc(Br)ccc12. The number of nitrogens with two attached hydrogens (primary N) is 1. The van der Waals surface area contributed by atoms with Gasteiger partial charge >= 0.3 is 5.97 Å². The van der Waals surface area contributed by atoms with Crippen LogP contribution in [0.15, 0.2) is 22.8 Å². The Kier molecular flexibility index (Phi) is 3.17. The Morgan fingerprint density at radius 1 is 1.59 bits per heavy atom. The Hall–Kier alpha value is -1.40. The van der Waals surface area contributed by atoms with Crippen molar-refractivity contribution in [3.05, 3.63) is 34.3 Å². The Morgan fingerprint density at radius 2 is 2.29 bits per heavy atom. The van der Waals surface area contributed by atoms with Gasteiger partial charge in [0.05, 0.1) is 18.7 Å². The van der Waals surface area contributed by atoms with Crippen LogP contribution in [0.25, 0.3) is 5.52 Å². The molecule has 0 amide bonds. The Bertz CT molecular complexity index is 577. The summed E-state index contributed by atoms with van der Waals surface area (Å²) < 4.78 is 7.38. The van der Waals surface area contributed by atoms with Gasteiger partial charge in [-0.25, -0.2) is 9.78 Å². The fourth-order valence-corrected chi connectivity index (χ4v) is 1.99. The molecule has 2 rings (SSSR count). The number of imidazole rings is 1. The molecule has 0 saturated heterocycles. The summed E-state index contributed by atoms with van der Waals surface area (Å²) in [5.41, 5.74) is 6.81. The van der Waals surface area contributed by atoms with Gasteiger partial charge in [-0.1, -0.05) is 0 Å². The van der Waals surface area contributed by atoms with Crippen LogP contribution in [-0.4, -0.2) is 22.5 Å². The first-order chi connectivity index (χ1) is 8.04. The number of nitrogens with zero attached hydrogens (tertiary/aromatic N) is 2. The topological polar surface area (TPSA) is 69.6 Å². The quantitative estimate of drug-likeness (QED) is 0.860. The van der Waals surface area contributed by atoms with E-state index >= 15 is 0 Å². The van der Waals surface area contributed by atoms with Gasteiger partial charge in [0.15, 0.2) is 5.69 Å². The summed E-state index contributed by atoms with van der Waals surface area (Å²) in [5.74, 6) is 0.165. The second-order valence-corrected chi connectivity index (χ2v) is 4.62. The molecule has 2 N–H and O–H groups in total. The van der Waals surface area contributed by atoms with E-state index in [4.69, 9.17) is 10.5 Å². The van der Waals surface area contributed by atoms with Crippen LogP contribution in [0.2, 0.25) is 0 Å². The Labute approximate surface area is 107 Å². The number of carbonyl (C=O) groups excluding carboxylic acids is 1. The first-order valence-electron chi connectivity index (χ1n) is 5.06. The Morgan fingerprint density at radius 3 is 2.88 bits per heavy atom. The fraction of sp³-hybridized carbons (Fsp3) is 0.273. The number of fused-ring (bicyclic) bond motifs is 1. The van der Waals surface area contributed by atoms with Gasteiger partial charge in [0.2, 0.25) is 0 Å². The van der Waals surface area contributed by atoms with Crippen molar-refractivity contribution in [1.29, 1.82) is 0 Å². The first kappa shape index (κ1) is 12.1. The van der Waals surface area contributed by atoms with Crippen molar-refractivity contribution in [2.75, 3.05) is 7.11 Å². The van der Waals surface area contributed by atoms with Gasteiger partial charge in [0.25, 0.3) is 0 Å². The lowest BCUT2D eigenvalue weighted by atomic mass is 10.3. The number of methoxy groups -OCH3 is 1. The van der Waals surface area contributed by atoms with Gasteiger partial charge in [-0.2, -0.15) is 0 Å². The molecule has 1 unspecified atom stereocenters. The fourth-order valence-electron chi connectivity index (χ4n) is 1.65. The van der Waals surface area contributed by atoms with Crippen molar-refractivity contribution in [1.82, 2.24) is 9.38 Å². The summed E-state index contributed by atoms with van der Waals surface area (Å²) in [5, 5.41) is 0. The third kappa shape index (κ3) is 2.05. The molecule has 2 heterocycles. The largest absolute Gasteiger partial charge is 0.464 e. The molecule has 0 saturated carbocycles. The number of rotatable bonds is 2. The zero-order chi connectivity index (χ0) is 12.6. The minimum Gasteiger partial charge on any atom is -0.464 e. The molecule has 5 nitrogen and oxygen atoms in total. The summed E-state index contributed by atoms with van der Waals surface area (Å²) in [6, 6.07) is 3.37. The molecule has 0 fully saturated rings. The number of esters is 1. The maximum Gasteiger partial charge on any atom is 0.358 e. The van der Waals surface area contributed by atoms with E-state index < -0.39 is 5.97 Å². The third-order valence-electron chi connectivity index (χ3n) is 2.41. The molecule has 0 bridgehead atoms. The predicted molar refractivity (Wildman–Crippen MR) is 66.8 cm³/mol. The highest BCUT2D eigenvalue weighted by atomic mass is 79.9. The monoisotopic (exact) mass is 297 g/mol. The van der Waals surface area contributed by atoms with Crippen LogP contribution in [0.5, 0.6) is 0 Å². The second kappa shape index (κ2) is 4.46. The van der Waals surface area contributed by atoms with E-state index in [9.17, 15) is 4.79 Å². The summed E-state index contributed by atoms with van der Waals surface area (Å²) in [7, 11) is 1.33. The van der Waals surface area contributed by atoms with Crippen LogP contribution in [-0.2, 0) is 4.74 Å². The predicted octanol–water partition coefficient (Wildman–Crippen LogP) is 1.90. The van der Waals surface area contributed by atoms with Gasteiger partial charge in [-0.3, -0.25) is 0 Å². The van der Waals surface area contributed by atoms with E-state index in [2.05, 4.69) is 20.9 Å². The van der Waals surface area contributed by atoms with E-state index in [0.717, 1.165) is 4.47 Å². The molecular weight excluding hydrogens is 286 g/mol. The summed E-state index contributed by atoms with van der Waals surface area (Å²) >= 11 is 3.37. The van der Waals surface area contributed by atoms with E-state index in [1.165, 1.54) is 7.11 Å². The molecule has 2 aromatic rings. The van der Waals surface area contributed by atoms with Gasteiger partial charge < -0.3 is 14.9 Å². The van der Waals surface area contributed by atoms with Crippen molar-refractivity contribution in [3.63, 3.8) is 0 Å². The van der Waals surface area contributed by atoms with Crippen LogP contribution in [0.4, 0.5) is 0 Å². The van der Waals surface area contributed by atoms with Crippen LogP contribution < -0.4 is 5.73 Å². The molecule has 0 spiro atoms. The highest BCUT2D eigenvalue weighted by Crippen LogP contribution is 2.21. The second-order valence-electron chi connectivity index (χ2n) is 3.70. The zero-order valence-corrected chi connectivity index (χ0v) is 11.1. The highest BCUT2D eigenvalue weighted by Gasteiger charge is 2.19. The van der Waals surface area contributed by atoms with E-state index in [-0.39, 0.29) is 11.7 Å². The molecule has 0 radical (unpaired) electrons. The molecule has 0 aliphatic rings. The van der Waals surface area contributed by atoms with Crippen molar-refractivity contribution >= 4 is 27.4 Å². The third-order valence-corrected chi connectivity index (χ3v) is 2.88. The smallest absolute Gasteiger partial charge is 0.358 e. The average molecular weight is 298 g/mol. The minimum atomic E-state index is -0.461. The number of pyridine rings is 1. The van der Waals surface area contributed by atoms with Crippen molar-refractivity contribution in [3.8, 4) is 0 Å². The summed E-state index contributed by atoms with van der Waals surface area (Å²) in [6.45, 7) is 1.82. The van der Waals surface area contributed by atoms with Gasteiger partial charge in [0, 0.05) is 10.7 Å². The summed E-state index contributed by atoms with van der Waals surface area (Å²) in [4.78, 5) is 15.8. The number of aromatic nitrogens is 2. The zero-order valence-electron chi connectivity index (χ0n) is 9.48. The van der Waals surface area contributed by atoms with Crippen LogP contribution in [0.1, 0.15) is 29.3 Å². The van der Waals surface area contributed by atoms with Gasteiger partial charge in [-0.15, -0.1) is 0 Å². The number of hydrogen-bond acceptors (Lipinski definition) is 4. The molecular formula is C11H12BrN3O2. The lowest BCUT2D eigenvalue weighted by Crippen LogP contribution is -2.10. The maximum atomic E-state index is 11.6. The molecule has 1 atom stereocenters. The number of ether oxygens (including phenoxy) is 1. The molecule has 17 heavy (non-hydrogen) atoms. The first-order valence-corrected chi connectivity index (χ1v) is 5.85. The molecule has 90 valence electrons. The Balaban J connectivity index is 2.75. The van der Waals surface area contributed by atoms with Crippen LogP contribution in [0, 0.1) is 0 Å². The number of hydrogen-bond donors (Lipinski definition) is 1. The van der Waals surface area contributed by atoms with Crippen molar-refractivity contribution in [2.45, 2.75) is 13.0 Å². The standard InChI is InChI=1S/C11H12BrN3O2/c1-6(13)10-14-9(11(16)17-2)8-4-3-7(12)5-15(8)10/h3-6H,13H2,1-2H3. The highest BCUT2D eigenvalue weighted by molar-refractivity contribution is 9.10. The number of halogens is 1. The average Bonchev–Trinajstić information content (AvgIpc) is 2.66. The molecule has 0 aromatic carbocycles. The van der Waals surface area contributed by atoms with Gasteiger partial charge in [0.1, 0.15) is 5.82 Å². The normalized spacial score (nSPS) is 12.7. The number of carbonyl (C=O) groups is 1. The van der Waals surface area contributed by atoms with Crippen LogP contribution >= 0.6 is 15.9 Å². The van der Waals surface area contributed by atoms with E-state index in [1.807, 2.05) is 19.2 Å². The molecule has 6 heteroatoms. The van der Waals surface area contributed by atoms with E-state index in [1.54, 1.807) is 10.5 Å². The van der Waals surface area contributed by atoms with E-state index in [0.29, 0.717) is 11.3 Å². The minimum absolute atomic E-state index is 0.268. The van der Waals surface area contributed by atoms with Crippen molar-refractivity contribution < 1.29 is 9.53 Å². The van der Waals surface area contributed by atoms with Crippen LogP contribution in [0.3, 0.4) is 0 Å².